The molecule has 0 saturated heterocycles. The maximum Gasteiger partial charge on any atom is 0.165 e. The number of hydrogen-bond acceptors (Lipinski definition) is 4. The molecule has 68 heavy (non-hydrogen) atoms. The zero-order valence-corrected chi connectivity index (χ0v) is 41.3. The van der Waals surface area contributed by atoms with E-state index >= 15 is 0 Å². The molecule has 2 heterocycles. The first-order chi connectivity index (χ1) is 33.1. The van der Waals surface area contributed by atoms with Crippen LogP contribution in [0.5, 0.6) is 0 Å². The Morgan fingerprint density at radius 3 is 1.47 bits per heavy atom. The zero-order chi connectivity index (χ0) is 45.2. The average molecular weight is 1060 g/mol. The predicted molar refractivity (Wildman–Crippen MR) is 276 cm³/mol. The maximum absolute atomic E-state index is 5.14. The van der Waals surface area contributed by atoms with Crippen molar-refractivity contribution in [2.75, 3.05) is 0 Å². The number of aromatic nitrogens is 4. The van der Waals surface area contributed by atoms with Crippen molar-refractivity contribution < 1.29 is 20.1 Å². The monoisotopic (exact) mass is 1060 g/mol. The van der Waals surface area contributed by atoms with E-state index in [1.54, 1.807) is 0 Å². The van der Waals surface area contributed by atoms with Gasteiger partial charge in [0.25, 0.3) is 0 Å². The van der Waals surface area contributed by atoms with Crippen LogP contribution in [0.3, 0.4) is 0 Å². The molecule has 0 saturated carbocycles. The largest absolute Gasteiger partial charge is 0.304 e. The fourth-order valence-electron chi connectivity index (χ4n) is 10.6. The first-order valence-corrected chi connectivity index (χ1v) is 24.5. The van der Waals surface area contributed by atoms with Gasteiger partial charge >= 0.3 is 0 Å². The van der Waals surface area contributed by atoms with Gasteiger partial charge in [-0.1, -0.05) is 215 Å². The second-order valence-electron chi connectivity index (χ2n) is 18.4. The van der Waals surface area contributed by atoms with E-state index < -0.39 is 5.41 Å². The molecule has 0 unspecified atom stereocenters. The van der Waals surface area contributed by atoms with Gasteiger partial charge in [-0.05, 0) is 87.5 Å². The van der Waals surface area contributed by atoms with Crippen molar-refractivity contribution >= 4 is 0 Å². The van der Waals surface area contributed by atoms with Gasteiger partial charge in [0, 0.05) is 43.0 Å². The number of hydrogen-bond donors (Lipinski definition) is 0. The molecule has 0 aliphatic heterocycles. The minimum Gasteiger partial charge on any atom is -0.304 e. The Hall–Kier alpha value is -6.65. The van der Waals surface area contributed by atoms with Gasteiger partial charge in [-0.2, -0.15) is 0 Å². The molecule has 0 atom stereocenters. The van der Waals surface area contributed by atoms with Gasteiger partial charge in [-0.3, -0.25) is 0 Å². The summed E-state index contributed by atoms with van der Waals surface area (Å²) in [5, 5.41) is 0. The topological polar surface area (TPSA) is 51.6 Å². The summed E-state index contributed by atoms with van der Waals surface area (Å²) in [5.41, 5.74) is 19.4. The van der Waals surface area contributed by atoms with Gasteiger partial charge in [0.15, 0.2) is 17.5 Å². The Bertz CT molecular complexity index is 3080. The van der Waals surface area contributed by atoms with Crippen LogP contribution >= 0.6 is 0 Å². The van der Waals surface area contributed by atoms with Crippen LogP contribution in [0.25, 0.3) is 78.8 Å². The molecule has 1 radical (unpaired) electrons. The molecular formula is C63H55IrN4-. The van der Waals surface area contributed by atoms with Crippen molar-refractivity contribution in [2.24, 2.45) is 0 Å². The Kier molecular flexibility index (Phi) is 13.2. The SMILES string of the molecule is CCCCCCc1ccc(-c2nc(-c3ccc(CCCCCC)cc3)nc(-c3ccc(-c4[c-]cc5c(c4)C4(c6ccccc6-c6ccccc64)c4cc(-c6ccccc6)ccc4-5)nc3)n2)cc1.[Ir]. The summed E-state index contributed by atoms with van der Waals surface area (Å²) in [6.45, 7) is 4.52. The Labute approximate surface area is 415 Å². The van der Waals surface area contributed by atoms with E-state index in [0.29, 0.717) is 17.5 Å². The first-order valence-electron chi connectivity index (χ1n) is 24.5. The van der Waals surface area contributed by atoms with Crippen LogP contribution in [0.4, 0.5) is 0 Å². The molecule has 2 aliphatic carbocycles. The van der Waals surface area contributed by atoms with Crippen molar-refractivity contribution in [2.45, 2.75) is 83.5 Å². The maximum atomic E-state index is 5.14. The molecule has 0 fully saturated rings. The molecular weight excluding hydrogens is 1000 g/mol. The summed E-state index contributed by atoms with van der Waals surface area (Å²) in [4.78, 5) is 20.5. The number of unbranched alkanes of at least 4 members (excludes halogenated alkanes) is 6. The standard InChI is InChI=1S/C63H55N4.Ir/c1-3-5-7-10-18-43-26-30-46(31-27-43)60-65-61(47-32-28-44(29-33-47)19-11-8-6-4-2)67-62(66-60)50-36-39-59(64-42-50)49-35-38-54-53-37-34-48(45-20-12-9-13-21-45)40-57(53)63(58(54)41-49)55-24-16-14-22-51(55)52-23-15-17-25-56(52)63;/h9,12-17,20-34,36-42H,3-8,10-11,18-19H2,1-2H3;/q-1;. The first kappa shape index (κ1) is 45.1. The van der Waals surface area contributed by atoms with Gasteiger partial charge in [-0.15, -0.1) is 29.3 Å². The molecule has 0 N–H and O–H groups in total. The number of benzene rings is 7. The molecule has 4 nitrogen and oxygen atoms in total. The van der Waals surface area contributed by atoms with E-state index in [1.807, 2.05) is 6.20 Å². The van der Waals surface area contributed by atoms with Crippen LogP contribution < -0.4 is 0 Å². The smallest absolute Gasteiger partial charge is 0.165 e. The number of rotatable bonds is 15. The molecule has 0 bridgehead atoms. The summed E-state index contributed by atoms with van der Waals surface area (Å²) in [7, 11) is 0. The third-order valence-corrected chi connectivity index (χ3v) is 14.1. The summed E-state index contributed by atoms with van der Waals surface area (Å²) in [5.74, 6) is 1.93. The molecule has 2 aromatic heterocycles. The van der Waals surface area contributed by atoms with Gasteiger partial charge in [0.05, 0.1) is 5.41 Å². The molecule has 5 heteroatoms. The van der Waals surface area contributed by atoms with Crippen molar-refractivity contribution in [3.63, 3.8) is 0 Å². The van der Waals surface area contributed by atoms with Crippen LogP contribution in [-0.4, -0.2) is 19.9 Å². The fourth-order valence-corrected chi connectivity index (χ4v) is 10.6. The van der Waals surface area contributed by atoms with E-state index in [0.717, 1.165) is 40.8 Å². The van der Waals surface area contributed by atoms with Gasteiger partial charge in [0.1, 0.15) is 0 Å². The Morgan fingerprint density at radius 2 is 0.912 bits per heavy atom. The predicted octanol–water partition coefficient (Wildman–Crippen LogP) is 16.0. The Balaban J connectivity index is 0.00000539. The van der Waals surface area contributed by atoms with E-state index in [4.69, 9.17) is 19.9 Å². The third-order valence-electron chi connectivity index (χ3n) is 14.1. The van der Waals surface area contributed by atoms with Crippen LogP contribution in [0.15, 0.2) is 176 Å². The quantitative estimate of drug-likeness (QED) is 0.0758. The van der Waals surface area contributed by atoms with E-state index in [9.17, 15) is 0 Å². The van der Waals surface area contributed by atoms with E-state index in [2.05, 4.69) is 190 Å². The summed E-state index contributed by atoms with van der Waals surface area (Å²) < 4.78 is 0. The zero-order valence-electron chi connectivity index (χ0n) is 38.9. The number of fused-ring (bicyclic) bond motifs is 10. The van der Waals surface area contributed by atoms with Crippen molar-refractivity contribution in [1.29, 1.82) is 0 Å². The average Bonchev–Trinajstić information content (AvgIpc) is 3.86. The van der Waals surface area contributed by atoms with Crippen LogP contribution in [-0.2, 0) is 38.4 Å². The van der Waals surface area contributed by atoms with Gasteiger partial charge < -0.3 is 4.98 Å². The molecule has 337 valence electrons. The summed E-state index contributed by atoms with van der Waals surface area (Å²) in [6.07, 6.45) is 14.1. The second kappa shape index (κ2) is 19.9. The third kappa shape index (κ3) is 8.37. The molecule has 1 spiro atoms. The fraction of sp³-hybridized carbons (Fsp3) is 0.206. The second-order valence-corrected chi connectivity index (χ2v) is 18.4. The summed E-state index contributed by atoms with van der Waals surface area (Å²) in [6, 6.07) is 65.7. The van der Waals surface area contributed by atoms with E-state index in [-0.39, 0.29) is 20.1 Å². The summed E-state index contributed by atoms with van der Waals surface area (Å²) >= 11 is 0. The van der Waals surface area contributed by atoms with Gasteiger partial charge in [0.2, 0.25) is 0 Å². The molecule has 7 aromatic carbocycles. The van der Waals surface area contributed by atoms with Crippen LogP contribution in [0.2, 0.25) is 0 Å². The van der Waals surface area contributed by atoms with E-state index in [1.165, 1.54) is 118 Å². The molecule has 0 amide bonds. The number of pyridine rings is 1. The molecule has 11 rings (SSSR count). The van der Waals surface area contributed by atoms with Crippen molar-refractivity contribution in [1.82, 2.24) is 19.9 Å². The normalized spacial score (nSPS) is 12.6. The van der Waals surface area contributed by atoms with Crippen LogP contribution in [0, 0.1) is 6.07 Å². The minimum atomic E-state index is -0.495. The molecule has 9 aromatic rings. The van der Waals surface area contributed by atoms with Gasteiger partial charge in [-0.25, -0.2) is 15.0 Å². The van der Waals surface area contributed by atoms with Crippen LogP contribution in [0.1, 0.15) is 98.6 Å². The number of aryl methyl sites for hydroxylation is 2. The number of nitrogens with zero attached hydrogens (tertiary/aromatic N) is 4. The van der Waals surface area contributed by atoms with Crippen molar-refractivity contribution in [3.05, 3.63) is 216 Å². The van der Waals surface area contributed by atoms with Crippen molar-refractivity contribution in [3.8, 4) is 78.8 Å². The minimum absolute atomic E-state index is 0. The molecule has 2 aliphatic rings. The Morgan fingerprint density at radius 1 is 0.412 bits per heavy atom.